The highest BCUT2D eigenvalue weighted by Gasteiger charge is 2.34. The molecule has 1 aromatic carbocycles. The van der Waals surface area contributed by atoms with Gasteiger partial charge in [-0.05, 0) is 25.1 Å². The largest absolute Gasteiger partial charge is 0.493 e. The van der Waals surface area contributed by atoms with Crippen molar-refractivity contribution in [3.8, 4) is 5.75 Å². The van der Waals surface area contributed by atoms with Gasteiger partial charge in [-0.2, -0.15) is 13.2 Å². The Morgan fingerprint density at radius 2 is 1.93 bits per heavy atom. The standard InChI is InChI=1S/C9H8F4O/c1-2-14-8-4-3-6(10)5-7(8)9(11,12)13/h3-5H,2H2,1H3. The Labute approximate surface area is 78.3 Å². The van der Waals surface area contributed by atoms with Gasteiger partial charge in [0.05, 0.1) is 6.61 Å². The normalized spacial score (nSPS) is 11.5. The second-order valence-electron chi connectivity index (χ2n) is 2.57. The zero-order valence-electron chi connectivity index (χ0n) is 7.36. The van der Waals surface area contributed by atoms with Crippen molar-refractivity contribution in [2.45, 2.75) is 13.1 Å². The Morgan fingerprint density at radius 1 is 1.29 bits per heavy atom. The number of alkyl halides is 3. The number of halogens is 4. The summed E-state index contributed by atoms with van der Waals surface area (Å²) < 4.78 is 54.2. The summed E-state index contributed by atoms with van der Waals surface area (Å²) in [6, 6.07) is 2.33. The number of benzene rings is 1. The van der Waals surface area contributed by atoms with Crippen molar-refractivity contribution < 1.29 is 22.3 Å². The molecular weight excluding hydrogens is 200 g/mol. The van der Waals surface area contributed by atoms with E-state index in [1.165, 1.54) is 0 Å². The molecule has 0 aliphatic carbocycles. The fourth-order valence-corrected chi connectivity index (χ4v) is 1.01. The van der Waals surface area contributed by atoms with E-state index in [0.29, 0.717) is 6.07 Å². The molecule has 0 amide bonds. The van der Waals surface area contributed by atoms with Gasteiger partial charge in [0.1, 0.15) is 17.1 Å². The van der Waals surface area contributed by atoms with Crippen LogP contribution in [0.15, 0.2) is 18.2 Å². The summed E-state index contributed by atoms with van der Waals surface area (Å²) in [6.45, 7) is 1.66. The molecule has 0 aromatic heterocycles. The smallest absolute Gasteiger partial charge is 0.420 e. The van der Waals surface area contributed by atoms with Gasteiger partial charge in [0.15, 0.2) is 0 Å². The molecule has 5 heteroatoms. The molecule has 0 aliphatic heterocycles. The summed E-state index contributed by atoms with van der Waals surface area (Å²) in [7, 11) is 0. The van der Waals surface area contributed by atoms with Crippen molar-refractivity contribution in [2.24, 2.45) is 0 Å². The Kier molecular flexibility index (Phi) is 2.98. The predicted octanol–water partition coefficient (Wildman–Crippen LogP) is 3.24. The predicted molar refractivity (Wildman–Crippen MR) is 42.6 cm³/mol. The lowest BCUT2D eigenvalue weighted by Crippen LogP contribution is -2.09. The lowest BCUT2D eigenvalue weighted by Gasteiger charge is -2.12. The van der Waals surface area contributed by atoms with Crippen LogP contribution in [-0.4, -0.2) is 6.61 Å². The van der Waals surface area contributed by atoms with E-state index >= 15 is 0 Å². The van der Waals surface area contributed by atoms with E-state index in [2.05, 4.69) is 0 Å². The molecule has 0 N–H and O–H groups in total. The van der Waals surface area contributed by atoms with Crippen molar-refractivity contribution >= 4 is 0 Å². The van der Waals surface area contributed by atoms with E-state index in [-0.39, 0.29) is 12.4 Å². The van der Waals surface area contributed by atoms with E-state index in [1.54, 1.807) is 6.92 Å². The van der Waals surface area contributed by atoms with E-state index in [9.17, 15) is 17.6 Å². The van der Waals surface area contributed by atoms with Crippen molar-refractivity contribution in [1.29, 1.82) is 0 Å². The van der Waals surface area contributed by atoms with Crippen LogP contribution in [0.1, 0.15) is 12.5 Å². The average Bonchev–Trinajstić information content (AvgIpc) is 2.07. The molecule has 78 valence electrons. The summed E-state index contributed by atoms with van der Waals surface area (Å²) in [5.41, 5.74) is -1.08. The first-order chi connectivity index (χ1) is 6.45. The monoisotopic (exact) mass is 208 g/mol. The van der Waals surface area contributed by atoms with Gasteiger partial charge in [-0.1, -0.05) is 0 Å². The van der Waals surface area contributed by atoms with E-state index in [0.717, 1.165) is 12.1 Å². The third-order valence-electron chi connectivity index (χ3n) is 1.55. The van der Waals surface area contributed by atoms with Gasteiger partial charge in [-0.3, -0.25) is 0 Å². The molecule has 0 radical (unpaired) electrons. The second kappa shape index (κ2) is 3.86. The summed E-state index contributed by atoms with van der Waals surface area (Å²) >= 11 is 0. The van der Waals surface area contributed by atoms with Crippen LogP contribution >= 0.6 is 0 Å². The lowest BCUT2D eigenvalue weighted by atomic mass is 10.2. The SMILES string of the molecule is CCOc1ccc(F)cc1C(F)(F)F. The van der Waals surface area contributed by atoms with Crippen molar-refractivity contribution in [3.63, 3.8) is 0 Å². The third kappa shape index (κ3) is 2.37. The number of hydrogen-bond donors (Lipinski definition) is 0. The summed E-state index contributed by atoms with van der Waals surface area (Å²) in [4.78, 5) is 0. The van der Waals surface area contributed by atoms with Crippen LogP contribution in [0.5, 0.6) is 5.75 Å². The number of rotatable bonds is 2. The minimum Gasteiger partial charge on any atom is -0.493 e. The fourth-order valence-electron chi connectivity index (χ4n) is 1.01. The van der Waals surface area contributed by atoms with E-state index < -0.39 is 17.6 Å². The molecule has 0 atom stereocenters. The molecule has 0 aliphatic rings. The van der Waals surface area contributed by atoms with Gasteiger partial charge in [0.25, 0.3) is 0 Å². The Balaban J connectivity index is 3.16. The Hall–Kier alpha value is -1.26. The Morgan fingerprint density at radius 3 is 2.43 bits per heavy atom. The molecule has 1 rings (SSSR count). The van der Waals surface area contributed by atoms with E-state index in [4.69, 9.17) is 4.74 Å². The molecule has 0 bridgehead atoms. The van der Waals surface area contributed by atoms with Gasteiger partial charge in [0, 0.05) is 0 Å². The maximum atomic E-state index is 12.6. The highest BCUT2D eigenvalue weighted by Crippen LogP contribution is 2.36. The van der Waals surface area contributed by atoms with Gasteiger partial charge >= 0.3 is 6.18 Å². The molecule has 0 spiro atoms. The van der Waals surface area contributed by atoms with Gasteiger partial charge in [-0.25, -0.2) is 4.39 Å². The number of ether oxygens (including phenoxy) is 1. The minimum atomic E-state index is -4.59. The highest BCUT2D eigenvalue weighted by molar-refractivity contribution is 5.36. The number of hydrogen-bond acceptors (Lipinski definition) is 1. The zero-order chi connectivity index (χ0) is 10.8. The third-order valence-corrected chi connectivity index (χ3v) is 1.55. The summed E-state index contributed by atoms with van der Waals surface area (Å²) in [5.74, 6) is -1.28. The van der Waals surface area contributed by atoms with Crippen molar-refractivity contribution in [1.82, 2.24) is 0 Å². The van der Waals surface area contributed by atoms with Gasteiger partial charge < -0.3 is 4.74 Å². The first-order valence-electron chi connectivity index (χ1n) is 3.94. The molecule has 0 saturated carbocycles. The molecule has 0 unspecified atom stereocenters. The maximum Gasteiger partial charge on any atom is 0.420 e. The minimum absolute atomic E-state index is 0.106. The quantitative estimate of drug-likeness (QED) is 0.678. The first-order valence-corrected chi connectivity index (χ1v) is 3.94. The van der Waals surface area contributed by atoms with Crippen LogP contribution in [0.3, 0.4) is 0 Å². The molecule has 1 aromatic rings. The van der Waals surface area contributed by atoms with Crippen LogP contribution in [0, 0.1) is 5.82 Å². The second-order valence-corrected chi connectivity index (χ2v) is 2.57. The topological polar surface area (TPSA) is 9.23 Å². The fraction of sp³-hybridized carbons (Fsp3) is 0.333. The van der Waals surface area contributed by atoms with Crippen LogP contribution in [-0.2, 0) is 6.18 Å². The average molecular weight is 208 g/mol. The Bertz CT molecular complexity index is 319. The summed E-state index contributed by atoms with van der Waals surface area (Å²) in [6.07, 6.45) is -4.59. The van der Waals surface area contributed by atoms with Crippen molar-refractivity contribution in [3.05, 3.63) is 29.6 Å². The van der Waals surface area contributed by atoms with Crippen LogP contribution < -0.4 is 4.74 Å². The first kappa shape index (κ1) is 10.8. The molecule has 0 heterocycles. The molecular formula is C9H8F4O. The molecule has 0 fully saturated rings. The summed E-state index contributed by atoms with van der Waals surface area (Å²) in [5, 5.41) is 0. The van der Waals surface area contributed by atoms with Gasteiger partial charge in [-0.15, -0.1) is 0 Å². The van der Waals surface area contributed by atoms with E-state index in [1.807, 2.05) is 0 Å². The molecule has 1 nitrogen and oxygen atoms in total. The molecule has 14 heavy (non-hydrogen) atoms. The maximum absolute atomic E-state index is 12.6. The zero-order valence-corrected chi connectivity index (χ0v) is 7.36. The van der Waals surface area contributed by atoms with Crippen LogP contribution in [0.4, 0.5) is 17.6 Å². The van der Waals surface area contributed by atoms with Gasteiger partial charge in [0.2, 0.25) is 0 Å². The van der Waals surface area contributed by atoms with Crippen LogP contribution in [0.2, 0.25) is 0 Å². The van der Waals surface area contributed by atoms with Crippen molar-refractivity contribution in [2.75, 3.05) is 6.61 Å². The lowest BCUT2D eigenvalue weighted by molar-refractivity contribution is -0.139. The highest BCUT2D eigenvalue weighted by atomic mass is 19.4. The molecule has 0 saturated heterocycles. The van der Waals surface area contributed by atoms with Crippen LogP contribution in [0.25, 0.3) is 0 Å².